The van der Waals surface area contributed by atoms with Gasteiger partial charge in [-0.3, -0.25) is 8.99 Å². The topological polar surface area (TPSA) is 96.7 Å². The Morgan fingerprint density at radius 1 is 1.20 bits per heavy atom. The summed E-state index contributed by atoms with van der Waals surface area (Å²) in [4.78, 5) is 0. The number of aliphatic hydroxyl groups excluding tert-OH is 1. The van der Waals surface area contributed by atoms with Gasteiger partial charge in [-0.05, 0) is 77.0 Å². The molecule has 1 heterocycles. The molecule has 4 N–H and O–H groups in total. The summed E-state index contributed by atoms with van der Waals surface area (Å²) >= 11 is 0. The zero-order valence-electron chi connectivity index (χ0n) is 19.2. The summed E-state index contributed by atoms with van der Waals surface area (Å²) < 4.78 is 19.3. The quantitative estimate of drug-likeness (QED) is 0.432. The molecule has 1 aromatic carbocycles. The van der Waals surface area contributed by atoms with Crippen LogP contribution >= 0.6 is 0 Å². The normalized spacial score (nSPS) is 28.1. The number of thiol groups is 1. The molecule has 1 fully saturated rings. The fourth-order valence-electron chi connectivity index (χ4n) is 5.49. The van der Waals surface area contributed by atoms with Crippen molar-refractivity contribution >= 4 is 10.6 Å². The summed E-state index contributed by atoms with van der Waals surface area (Å²) in [6, 6.07) is 6.14. The summed E-state index contributed by atoms with van der Waals surface area (Å²) in [5, 5.41) is 26.5. The molecule has 2 aliphatic rings. The highest BCUT2D eigenvalue weighted by atomic mass is 32.2. The summed E-state index contributed by atoms with van der Waals surface area (Å²) in [5.74, 6) is 0.169. The molecular weight excluding hydrogens is 398 g/mol. The molecule has 0 amide bonds. The van der Waals surface area contributed by atoms with Crippen molar-refractivity contribution in [2.45, 2.75) is 95.2 Å². The van der Waals surface area contributed by atoms with Gasteiger partial charge in [-0.1, -0.05) is 31.0 Å². The zero-order valence-corrected chi connectivity index (χ0v) is 20.1. The number of nitrogens with one attached hydrogen (secondary N) is 2. The van der Waals surface area contributed by atoms with Crippen LogP contribution in [0.1, 0.15) is 90.0 Å². The lowest BCUT2D eigenvalue weighted by Gasteiger charge is -2.40. The van der Waals surface area contributed by atoms with Crippen molar-refractivity contribution in [2.24, 2.45) is 5.92 Å². The van der Waals surface area contributed by atoms with Gasteiger partial charge in [0.15, 0.2) is 0 Å². The second-order valence-corrected chi connectivity index (χ2v) is 12.3. The van der Waals surface area contributed by atoms with Crippen LogP contribution in [0.4, 0.5) is 0 Å². The van der Waals surface area contributed by atoms with Crippen LogP contribution in [0.3, 0.4) is 0 Å². The molecule has 0 saturated heterocycles. The maximum Gasteiger partial charge on any atom is 0.0914 e. The Hall–Kier alpha value is -0.990. The maximum absolute atomic E-state index is 12.0. The van der Waals surface area contributed by atoms with E-state index in [1.54, 1.807) is 0 Å². The molecule has 3 rings (SSSR count). The highest BCUT2D eigenvalue weighted by Gasteiger charge is 2.49. The average molecular weight is 438 g/mol. The Bertz CT molecular complexity index is 855. The van der Waals surface area contributed by atoms with Gasteiger partial charge in [-0.15, -0.1) is 0 Å². The molecular formula is C23H39N3O3S. The lowest BCUT2D eigenvalue weighted by atomic mass is 9.77. The molecule has 4 unspecified atom stereocenters. The van der Waals surface area contributed by atoms with Crippen molar-refractivity contribution in [1.29, 1.82) is 4.78 Å². The van der Waals surface area contributed by atoms with E-state index in [9.17, 15) is 14.5 Å². The SMILES string of the molecule is CC1(C)c2ccc(C(O)CNC3CCCCC3C(C)(C)[SH](=N)=O)cc2C(C)(C)N1O. The van der Waals surface area contributed by atoms with E-state index in [0.29, 0.717) is 6.54 Å². The molecule has 1 aromatic rings. The number of aliphatic hydroxyl groups is 1. The van der Waals surface area contributed by atoms with Crippen molar-refractivity contribution in [1.82, 2.24) is 10.4 Å². The Kier molecular flexibility index (Phi) is 6.45. The van der Waals surface area contributed by atoms with Gasteiger partial charge in [0.2, 0.25) is 0 Å². The van der Waals surface area contributed by atoms with E-state index in [1.165, 1.54) is 5.06 Å². The first kappa shape index (κ1) is 23.7. The molecule has 1 saturated carbocycles. The van der Waals surface area contributed by atoms with Gasteiger partial charge >= 0.3 is 0 Å². The van der Waals surface area contributed by atoms with E-state index < -0.39 is 32.5 Å². The summed E-state index contributed by atoms with van der Waals surface area (Å²) in [5.41, 5.74) is 1.94. The van der Waals surface area contributed by atoms with E-state index in [-0.39, 0.29) is 12.0 Å². The first-order valence-electron chi connectivity index (χ1n) is 11.1. The van der Waals surface area contributed by atoms with Gasteiger partial charge in [-0.25, -0.2) is 0 Å². The molecule has 4 atom stereocenters. The van der Waals surface area contributed by atoms with E-state index in [0.717, 1.165) is 42.4 Å². The first-order valence-corrected chi connectivity index (χ1v) is 12.3. The van der Waals surface area contributed by atoms with E-state index in [1.807, 2.05) is 59.7 Å². The fraction of sp³-hybridized carbons (Fsp3) is 0.739. The van der Waals surface area contributed by atoms with Crippen molar-refractivity contribution in [2.75, 3.05) is 6.54 Å². The van der Waals surface area contributed by atoms with Gasteiger partial charge in [0.05, 0.1) is 17.2 Å². The molecule has 170 valence electrons. The lowest BCUT2D eigenvalue weighted by molar-refractivity contribution is -0.216. The Labute approximate surface area is 183 Å². The van der Waals surface area contributed by atoms with Crippen LogP contribution in [0.25, 0.3) is 0 Å². The predicted molar refractivity (Wildman–Crippen MR) is 121 cm³/mol. The van der Waals surface area contributed by atoms with E-state index in [4.69, 9.17) is 4.78 Å². The molecule has 1 aliphatic carbocycles. The van der Waals surface area contributed by atoms with Gasteiger partial charge in [-0.2, -0.15) is 5.06 Å². The Morgan fingerprint density at radius 3 is 2.43 bits per heavy atom. The number of rotatable bonds is 6. The molecule has 30 heavy (non-hydrogen) atoms. The van der Waals surface area contributed by atoms with Crippen LogP contribution in [0.5, 0.6) is 0 Å². The number of hydroxylamine groups is 2. The minimum Gasteiger partial charge on any atom is -0.387 e. The summed E-state index contributed by atoms with van der Waals surface area (Å²) in [6.07, 6.45) is 3.50. The van der Waals surface area contributed by atoms with Crippen LogP contribution in [-0.2, 0) is 21.7 Å². The predicted octanol–water partition coefficient (Wildman–Crippen LogP) is 4.07. The van der Waals surface area contributed by atoms with E-state index >= 15 is 0 Å². The molecule has 7 heteroatoms. The third kappa shape index (κ3) is 3.95. The number of hydrogen-bond acceptors (Lipinski definition) is 6. The van der Waals surface area contributed by atoms with E-state index in [2.05, 4.69) is 5.32 Å². The second kappa shape index (κ2) is 8.17. The monoisotopic (exact) mass is 437 g/mol. The zero-order chi connectivity index (χ0) is 22.5. The average Bonchev–Trinajstić information content (AvgIpc) is 2.83. The highest BCUT2D eigenvalue weighted by molar-refractivity contribution is 7.75. The Balaban J connectivity index is 1.76. The smallest absolute Gasteiger partial charge is 0.0914 e. The van der Waals surface area contributed by atoms with Crippen molar-refractivity contribution < 1.29 is 14.5 Å². The molecule has 0 bridgehead atoms. The van der Waals surface area contributed by atoms with Crippen LogP contribution in [0, 0.1) is 10.7 Å². The van der Waals surface area contributed by atoms with Crippen LogP contribution in [0.2, 0.25) is 0 Å². The van der Waals surface area contributed by atoms with Crippen LogP contribution < -0.4 is 5.32 Å². The fourth-order valence-corrected chi connectivity index (χ4v) is 6.10. The standard InChI is InChI=1S/C23H39N3O3S/c1-21(2)16-12-11-15(13-18(16)22(3,4)26(21)28)20(27)14-25-19-10-8-7-9-17(19)23(5,6)30(24)29/h11-13,17,19-20,24-25,27-28,30H,7-10,14H2,1-6H3. The third-order valence-electron chi connectivity index (χ3n) is 7.58. The van der Waals surface area contributed by atoms with Crippen molar-refractivity contribution in [3.8, 4) is 0 Å². The molecule has 0 spiro atoms. The third-order valence-corrected chi connectivity index (χ3v) is 8.95. The number of benzene rings is 1. The highest BCUT2D eigenvalue weighted by Crippen LogP contribution is 2.48. The Morgan fingerprint density at radius 2 is 1.80 bits per heavy atom. The van der Waals surface area contributed by atoms with Gasteiger partial charge < -0.3 is 15.6 Å². The van der Waals surface area contributed by atoms with Gasteiger partial charge in [0, 0.05) is 27.9 Å². The maximum atomic E-state index is 12.0. The molecule has 1 aliphatic heterocycles. The molecule has 0 radical (unpaired) electrons. The first-order chi connectivity index (χ1) is 13.8. The molecule has 0 aromatic heterocycles. The van der Waals surface area contributed by atoms with Crippen molar-refractivity contribution in [3.63, 3.8) is 0 Å². The van der Waals surface area contributed by atoms with Crippen LogP contribution in [-0.4, -0.2) is 36.9 Å². The summed E-state index contributed by atoms with van der Waals surface area (Å²) in [6.45, 7) is 12.3. The number of nitrogens with zero attached hydrogens (tertiary/aromatic N) is 1. The molecule has 6 nitrogen and oxygen atoms in total. The minimum atomic E-state index is -2.02. The second-order valence-electron chi connectivity index (χ2n) is 10.6. The number of fused-ring (bicyclic) bond motifs is 1. The van der Waals surface area contributed by atoms with Crippen LogP contribution in [0.15, 0.2) is 18.2 Å². The lowest BCUT2D eigenvalue weighted by Crippen LogP contribution is -2.49. The van der Waals surface area contributed by atoms with Crippen molar-refractivity contribution in [3.05, 3.63) is 34.9 Å². The largest absolute Gasteiger partial charge is 0.387 e. The minimum absolute atomic E-state index is 0.158. The van der Waals surface area contributed by atoms with Gasteiger partial charge in [0.1, 0.15) is 0 Å². The van der Waals surface area contributed by atoms with Gasteiger partial charge in [0.25, 0.3) is 0 Å². The summed E-state index contributed by atoms with van der Waals surface area (Å²) in [7, 11) is -2.02. The number of hydrogen-bond donors (Lipinski definition) is 5.